The summed E-state index contributed by atoms with van der Waals surface area (Å²) in [7, 11) is 3.13. The number of thiocarbonyl (C=S) groups is 1. The van der Waals surface area contributed by atoms with Gasteiger partial charge in [0, 0.05) is 0 Å². The summed E-state index contributed by atoms with van der Waals surface area (Å²) < 4.78 is 16.3. The number of ether oxygens (including phenoxy) is 3. The molecule has 2 rings (SSSR count). The van der Waals surface area contributed by atoms with E-state index in [0.717, 1.165) is 23.2 Å². The molecule has 6 heteroatoms. The number of hydrogen-bond acceptors (Lipinski definition) is 4. The highest BCUT2D eigenvalue weighted by molar-refractivity contribution is 7.80. The van der Waals surface area contributed by atoms with Gasteiger partial charge < -0.3 is 19.5 Å². The van der Waals surface area contributed by atoms with Crippen LogP contribution in [0.15, 0.2) is 36.4 Å². The number of benzene rings is 2. The van der Waals surface area contributed by atoms with Crippen LogP contribution in [0.3, 0.4) is 0 Å². The third-order valence-corrected chi connectivity index (χ3v) is 4.12. The highest BCUT2D eigenvalue weighted by Crippen LogP contribution is 2.31. The van der Waals surface area contributed by atoms with Crippen molar-refractivity contribution in [3.05, 3.63) is 52.5 Å². The van der Waals surface area contributed by atoms with Crippen molar-refractivity contribution < 1.29 is 14.2 Å². The molecule has 0 atom stereocenters. The van der Waals surface area contributed by atoms with Gasteiger partial charge in [0.05, 0.1) is 30.5 Å². The summed E-state index contributed by atoms with van der Waals surface area (Å²) in [6.45, 7) is 2.36. The molecule has 0 unspecified atom stereocenters. The predicted octanol–water partition coefficient (Wildman–Crippen LogP) is 4.83. The van der Waals surface area contributed by atoms with E-state index in [2.05, 4.69) is 12.2 Å². The van der Waals surface area contributed by atoms with Crippen molar-refractivity contribution in [2.24, 2.45) is 0 Å². The number of nitrogens with one attached hydrogen (secondary N) is 1. The van der Waals surface area contributed by atoms with Gasteiger partial charge in [-0.2, -0.15) is 0 Å². The summed E-state index contributed by atoms with van der Waals surface area (Å²) >= 11 is 11.3. The first-order valence-electron chi connectivity index (χ1n) is 7.51. The zero-order valence-electron chi connectivity index (χ0n) is 13.9. The number of halogens is 1. The molecule has 0 bridgehead atoms. The van der Waals surface area contributed by atoms with E-state index in [-0.39, 0.29) is 11.8 Å². The van der Waals surface area contributed by atoms with Crippen LogP contribution in [0, 0.1) is 0 Å². The minimum absolute atomic E-state index is 0.273. The smallest absolute Gasteiger partial charge is 0.260 e. The van der Waals surface area contributed by atoms with E-state index in [1.54, 1.807) is 7.11 Å². The molecule has 0 aliphatic rings. The number of hydrogen-bond donors (Lipinski definition) is 1. The van der Waals surface area contributed by atoms with Crippen molar-refractivity contribution in [2.75, 3.05) is 19.5 Å². The average Bonchev–Trinajstić information content (AvgIpc) is 2.60. The maximum atomic E-state index is 6.28. The molecule has 2 aromatic rings. The zero-order valence-corrected chi connectivity index (χ0v) is 15.5. The van der Waals surface area contributed by atoms with Gasteiger partial charge in [-0.05, 0) is 48.5 Å². The number of anilines is 1. The number of aryl methyl sites for hydroxylation is 1. The van der Waals surface area contributed by atoms with Gasteiger partial charge in [-0.3, -0.25) is 0 Å². The lowest BCUT2D eigenvalue weighted by Crippen LogP contribution is -2.13. The molecule has 0 aliphatic carbocycles. The summed E-state index contributed by atoms with van der Waals surface area (Å²) in [5.74, 6) is 1.32. The van der Waals surface area contributed by atoms with Crippen LogP contribution in [0.25, 0.3) is 0 Å². The minimum atomic E-state index is 0.273. The van der Waals surface area contributed by atoms with Crippen molar-refractivity contribution in [1.29, 1.82) is 0 Å². The van der Waals surface area contributed by atoms with Crippen LogP contribution in [-0.4, -0.2) is 19.4 Å². The van der Waals surface area contributed by atoms with E-state index in [9.17, 15) is 0 Å². The van der Waals surface area contributed by atoms with Gasteiger partial charge in [0.1, 0.15) is 18.1 Å². The van der Waals surface area contributed by atoms with E-state index < -0.39 is 0 Å². The molecule has 0 heterocycles. The Morgan fingerprint density at radius 3 is 2.58 bits per heavy atom. The molecule has 1 N–H and O–H groups in total. The zero-order chi connectivity index (χ0) is 17.5. The summed E-state index contributed by atoms with van der Waals surface area (Å²) in [5, 5.41) is 3.88. The van der Waals surface area contributed by atoms with Crippen LogP contribution < -0.4 is 14.8 Å². The normalized spacial score (nSPS) is 10.2. The Balaban J connectivity index is 2.23. The maximum Gasteiger partial charge on any atom is 0.260 e. The van der Waals surface area contributed by atoms with E-state index in [1.807, 2.05) is 36.4 Å². The highest BCUT2D eigenvalue weighted by Gasteiger charge is 2.12. The Hall–Kier alpha value is -1.98. The molecule has 0 spiro atoms. The van der Waals surface area contributed by atoms with Gasteiger partial charge in [0.25, 0.3) is 5.17 Å². The van der Waals surface area contributed by atoms with Crippen molar-refractivity contribution in [3.63, 3.8) is 0 Å². The maximum absolute atomic E-state index is 6.28. The first-order chi connectivity index (χ1) is 11.6. The van der Waals surface area contributed by atoms with Crippen LogP contribution in [0.4, 0.5) is 5.69 Å². The first kappa shape index (κ1) is 18.4. The predicted molar refractivity (Wildman–Crippen MR) is 101 cm³/mol. The molecule has 0 amide bonds. The second-order valence-corrected chi connectivity index (χ2v) is 5.79. The van der Waals surface area contributed by atoms with Gasteiger partial charge in [0.15, 0.2) is 0 Å². The molecule has 24 heavy (non-hydrogen) atoms. The molecule has 128 valence electrons. The standard InChI is InChI=1S/C18H20ClNO3S/c1-4-12-8-9-17(14(19)10-12)23-11-13-15(20-18(24)22-3)6-5-7-16(13)21-2/h5-10H,4,11H2,1-3H3,(H,20,24). The third-order valence-electron chi connectivity index (χ3n) is 3.55. The Morgan fingerprint density at radius 1 is 1.17 bits per heavy atom. The summed E-state index contributed by atoms with van der Waals surface area (Å²) in [6, 6.07) is 11.4. The average molecular weight is 366 g/mol. The fourth-order valence-corrected chi connectivity index (χ4v) is 2.58. The number of rotatable bonds is 6. The first-order valence-corrected chi connectivity index (χ1v) is 8.29. The monoisotopic (exact) mass is 365 g/mol. The van der Waals surface area contributed by atoms with Crippen LogP contribution in [0.1, 0.15) is 18.1 Å². The van der Waals surface area contributed by atoms with E-state index in [1.165, 1.54) is 7.11 Å². The molecule has 0 radical (unpaired) electrons. The van der Waals surface area contributed by atoms with Crippen LogP contribution >= 0.6 is 23.8 Å². The van der Waals surface area contributed by atoms with Crippen LogP contribution in [0.2, 0.25) is 5.02 Å². The molecule has 0 aromatic heterocycles. The molecule has 2 aromatic carbocycles. The Labute approximate surface area is 152 Å². The van der Waals surface area contributed by atoms with Crippen LogP contribution in [-0.2, 0) is 17.8 Å². The van der Waals surface area contributed by atoms with Gasteiger partial charge in [-0.25, -0.2) is 0 Å². The lowest BCUT2D eigenvalue weighted by Gasteiger charge is -2.16. The molecule has 4 nitrogen and oxygen atoms in total. The lowest BCUT2D eigenvalue weighted by molar-refractivity contribution is 0.297. The SMILES string of the molecule is CCc1ccc(OCc2c(NC(=S)OC)cccc2OC)c(Cl)c1. The summed E-state index contributed by atoms with van der Waals surface area (Å²) in [5.41, 5.74) is 2.76. The second-order valence-electron chi connectivity index (χ2n) is 5.01. The van der Waals surface area contributed by atoms with Gasteiger partial charge in [0.2, 0.25) is 0 Å². The largest absolute Gasteiger partial charge is 0.496 e. The van der Waals surface area contributed by atoms with Gasteiger partial charge >= 0.3 is 0 Å². The van der Waals surface area contributed by atoms with Crippen molar-refractivity contribution in [1.82, 2.24) is 0 Å². The highest BCUT2D eigenvalue weighted by atomic mass is 35.5. The fraction of sp³-hybridized carbons (Fsp3) is 0.278. The lowest BCUT2D eigenvalue weighted by atomic mass is 10.1. The van der Waals surface area contributed by atoms with Crippen molar-refractivity contribution >= 4 is 34.7 Å². The fourth-order valence-electron chi connectivity index (χ4n) is 2.22. The van der Waals surface area contributed by atoms with E-state index in [0.29, 0.717) is 16.5 Å². The molecular weight excluding hydrogens is 346 g/mol. The summed E-state index contributed by atoms with van der Waals surface area (Å²) in [6.07, 6.45) is 0.926. The molecule has 0 aliphatic heterocycles. The van der Waals surface area contributed by atoms with Crippen molar-refractivity contribution in [2.45, 2.75) is 20.0 Å². The quantitative estimate of drug-likeness (QED) is 0.742. The minimum Gasteiger partial charge on any atom is -0.496 e. The van der Waals surface area contributed by atoms with Crippen LogP contribution in [0.5, 0.6) is 11.5 Å². The Bertz CT molecular complexity index is 721. The molecular formula is C18H20ClNO3S. The van der Waals surface area contributed by atoms with Crippen molar-refractivity contribution in [3.8, 4) is 11.5 Å². The number of methoxy groups -OCH3 is 2. The Kier molecular flexibility index (Phi) is 6.70. The van der Waals surface area contributed by atoms with E-state index >= 15 is 0 Å². The topological polar surface area (TPSA) is 39.7 Å². The van der Waals surface area contributed by atoms with Gasteiger partial charge in [-0.1, -0.05) is 30.7 Å². The molecule has 0 saturated carbocycles. The van der Waals surface area contributed by atoms with E-state index in [4.69, 9.17) is 38.0 Å². The third kappa shape index (κ3) is 4.52. The Morgan fingerprint density at radius 2 is 1.96 bits per heavy atom. The molecule has 0 saturated heterocycles. The second kappa shape index (κ2) is 8.76. The molecule has 0 fully saturated rings. The van der Waals surface area contributed by atoms with Gasteiger partial charge in [-0.15, -0.1) is 0 Å². The summed E-state index contributed by atoms with van der Waals surface area (Å²) in [4.78, 5) is 0.